The summed E-state index contributed by atoms with van der Waals surface area (Å²) >= 11 is 12.2. The molecule has 3 aromatic rings. The fourth-order valence-electron chi connectivity index (χ4n) is 4.34. The fraction of sp³-hybridized carbons (Fsp3) is 0.318. The molecule has 3 N–H and O–H groups in total. The lowest BCUT2D eigenvalue weighted by atomic mass is 9.95. The molecule has 1 saturated carbocycles. The summed E-state index contributed by atoms with van der Waals surface area (Å²) in [6.45, 7) is 0.774. The summed E-state index contributed by atoms with van der Waals surface area (Å²) in [7, 11) is 0. The van der Waals surface area contributed by atoms with Gasteiger partial charge in [-0.05, 0) is 36.6 Å². The Balaban J connectivity index is 1.57. The summed E-state index contributed by atoms with van der Waals surface area (Å²) in [5.41, 5.74) is 6.42. The number of rotatable bonds is 4. The summed E-state index contributed by atoms with van der Waals surface area (Å²) < 4.78 is 16.8. The predicted molar refractivity (Wildman–Crippen MR) is 121 cm³/mol. The minimum atomic E-state index is -1.34. The van der Waals surface area contributed by atoms with Gasteiger partial charge in [0.25, 0.3) is 0 Å². The second-order valence-electron chi connectivity index (χ2n) is 8.33. The molecule has 3 heterocycles. The lowest BCUT2D eigenvalue weighted by Crippen LogP contribution is -2.29. The number of carboxylic acids is 1. The molecule has 1 aliphatic heterocycles. The van der Waals surface area contributed by atoms with Crippen LogP contribution in [0.15, 0.2) is 35.3 Å². The highest BCUT2D eigenvalue weighted by molar-refractivity contribution is 6.42. The number of carboxylic acid groups (broad SMARTS) is 1. The van der Waals surface area contributed by atoms with Gasteiger partial charge < -0.3 is 20.3 Å². The van der Waals surface area contributed by atoms with E-state index < -0.39 is 17.2 Å². The molecular weight excluding hydrogens is 458 g/mol. The summed E-state index contributed by atoms with van der Waals surface area (Å²) in [4.78, 5) is 30.4. The number of hydrogen-bond acceptors (Lipinski definition) is 5. The Bertz CT molecular complexity index is 1320. The van der Waals surface area contributed by atoms with E-state index in [9.17, 15) is 14.7 Å². The van der Waals surface area contributed by atoms with Crippen LogP contribution in [0.2, 0.25) is 10.0 Å². The number of aromatic carboxylic acids is 1. The number of nitrogens with zero attached hydrogens (tertiary/aromatic N) is 3. The first-order chi connectivity index (χ1) is 15.2. The van der Waals surface area contributed by atoms with Crippen molar-refractivity contribution in [3.8, 4) is 0 Å². The molecule has 0 unspecified atom stereocenters. The molecule has 0 radical (unpaired) electrons. The van der Waals surface area contributed by atoms with E-state index in [0.29, 0.717) is 23.1 Å². The van der Waals surface area contributed by atoms with Crippen molar-refractivity contribution in [3.05, 3.63) is 67.7 Å². The molecule has 0 amide bonds. The van der Waals surface area contributed by atoms with Crippen LogP contribution in [0.25, 0.3) is 11.0 Å². The zero-order valence-corrected chi connectivity index (χ0v) is 18.3. The standard InChI is InChI=1S/C22H19Cl2FN4O3/c23-15-4-1-10(5-16(15)24)13-7-28(9-18(13)26)21-17(25)6-12-19(30)14(22(31)32)8-29(11-2-3-11)20(12)27-21/h1,4-6,8,11,13,18H,2-3,7,9,26H2,(H,31,32)/t13-,18+/m1/s1. The Kier molecular flexibility index (Phi) is 5.11. The van der Waals surface area contributed by atoms with Gasteiger partial charge in [-0.1, -0.05) is 29.3 Å². The summed E-state index contributed by atoms with van der Waals surface area (Å²) in [6.07, 6.45) is 3.01. The number of aromatic nitrogens is 2. The van der Waals surface area contributed by atoms with Crippen molar-refractivity contribution in [2.75, 3.05) is 18.0 Å². The van der Waals surface area contributed by atoms with Gasteiger partial charge >= 0.3 is 5.97 Å². The molecule has 7 nitrogen and oxygen atoms in total. The molecule has 10 heteroatoms. The third-order valence-electron chi connectivity index (χ3n) is 6.15. The third kappa shape index (κ3) is 3.52. The smallest absolute Gasteiger partial charge is 0.341 e. The average molecular weight is 477 g/mol. The molecule has 1 saturated heterocycles. The van der Waals surface area contributed by atoms with Crippen LogP contribution in [0.1, 0.15) is 40.7 Å². The summed E-state index contributed by atoms with van der Waals surface area (Å²) in [5, 5.41) is 10.2. The van der Waals surface area contributed by atoms with Gasteiger partial charge in [-0.2, -0.15) is 0 Å². The minimum Gasteiger partial charge on any atom is -0.477 e. The summed E-state index contributed by atoms with van der Waals surface area (Å²) in [6, 6.07) is 6.17. The quantitative estimate of drug-likeness (QED) is 0.593. The lowest BCUT2D eigenvalue weighted by molar-refractivity contribution is 0.0695. The molecular formula is C22H19Cl2FN4O3. The third-order valence-corrected chi connectivity index (χ3v) is 6.89. The van der Waals surface area contributed by atoms with Gasteiger partial charge in [0.1, 0.15) is 11.2 Å². The van der Waals surface area contributed by atoms with Gasteiger partial charge in [0, 0.05) is 37.3 Å². The van der Waals surface area contributed by atoms with Gasteiger partial charge in [0.15, 0.2) is 11.6 Å². The second kappa shape index (κ2) is 7.72. The van der Waals surface area contributed by atoms with E-state index in [2.05, 4.69) is 4.98 Å². The molecule has 2 atom stereocenters. The van der Waals surface area contributed by atoms with Crippen molar-refractivity contribution >= 4 is 46.0 Å². The number of pyridine rings is 2. The SMILES string of the molecule is N[C@H]1CN(c2nc3c(cc2F)c(=O)c(C(=O)O)cn3C2CC2)C[C@@H]1c1ccc(Cl)c(Cl)c1. The number of fused-ring (bicyclic) bond motifs is 1. The highest BCUT2D eigenvalue weighted by Crippen LogP contribution is 2.38. The van der Waals surface area contributed by atoms with E-state index in [1.807, 2.05) is 6.07 Å². The Morgan fingerprint density at radius 3 is 2.59 bits per heavy atom. The molecule has 1 aromatic carbocycles. The first-order valence-electron chi connectivity index (χ1n) is 10.2. The highest BCUT2D eigenvalue weighted by Gasteiger charge is 2.35. The second-order valence-corrected chi connectivity index (χ2v) is 9.14. The van der Waals surface area contributed by atoms with Crippen LogP contribution in [0.4, 0.5) is 10.2 Å². The van der Waals surface area contributed by atoms with Crippen molar-refractivity contribution in [3.63, 3.8) is 0 Å². The Hall–Kier alpha value is -2.68. The van der Waals surface area contributed by atoms with Crippen LogP contribution in [0.3, 0.4) is 0 Å². The fourth-order valence-corrected chi connectivity index (χ4v) is 4.65. The van der Waals surface area contributed by atoms with Crippen LogP contribution < -0.4 is 16.1 Å². The van der Waals surface area contributed by atoms with Gasteiger partial charge in [0.2, 0.25) is 5.43 Å². The maximum absolute atomic E-state index is 15.1. The van der Waals surface area contributed by atoms with Crippen molar-refractivity contribution in [1.29, 1.82) is 0 Å². The van der Waals surface area contributed by atoms with E-state index >= 15 is 4.39 Å². The maximum atomic E-state index is 15.1. The van der Waals surface area contributed by atoms with E-state index in [1.54, 1.807) is 21.6 Å². The van der Waals surface area contributed by atoms with Crippen molar-refractivity contribution in [1.82, 2.24) is 9.55 Å². The van der Waals surface area contributed by atoms with Crippen LogP contribution in [-0.4, -0.2) is 39.8 Å². The van der Waals surface area contributed by atoms with Crippen LogP contribution in [-0.2, 0) is 0 Å². The Morgan fingerprint density at radius 2 is 1.94 bits per heavy atom. The molecule has 166 valence electrons. The molecule has 5 rings (SSSR count). The Morgan fingerprint density at radius 1 is 1.19 bits per heavy atom. The normalized spacial score (nSPS) is 20.8. The molecule has 0 spiro atoms. The predicted octanol–water partition coefficient (Wildman–Crippen LogP) is 3.81. The minimum absolute atomic E-state index is 0.0393. The average Bonchev–Trinajstić information content (AvgIpc) is 3.52. The number of anilines is 1. The lowest BCUT2D eigenvalue weighted by Gasteiger charge is -2.20. The summed E-state index contributed by atoms with van der Waals surface area (Å²) in [5.74, 6) is -2.05. The molecule has 2 fully saturated rings. The molecule has 2 aliphatic rings. The number of benzene rings is 1. The van der Waals surface area contributed by atoms with Crippen molar-refractivity contribution in [2.24, 2.45) is 5.73 Å². The number of nitrogens with two attached hydrogens (primary N) is 1. The first-order valence-corrected chi connectivity index (χ1v) is 10.9. The van der Waals surface area contributed by atoms with Gasteiger partial charge in [-0.15, -0.1) is 0 Å². The Labute approximate surface area is 192 Å². The first kappa shape index (κ1) is 21.2. The van der Waals surface area contributed by atoms with Crippen molar-refractivity contribution < 1.29 is 14.3 Å². The van der Waals surface area contributed by atoms with Crippen LogP contribution in [0.5, 0.6) is 0 Å². The van der Waals surface area contributed by atoms with E-state index in [1.165, 1.54) is 6.20 Å². The molecule has 1 aliphatic carbocycles. The zero-order chi connectivity index (χ0) is 22.7. The highest BCUT2D eigenvalue weighted by atomic mass is 35.5. The van der Waals surface area contributed by atoms with Crippen LogP contribution in [0, 0.1) is 5.82 Å². The van der Waals surface area contributed by atoms with E-state index in [0.717, 1.165) is 24.5 Å². The monoisotopic (exact) mass is 476 g/mol. The van der Waals surface area contributed by atoms with Gasteiger partial charge in [0.05, 0.1) is 15.4 Å². The molecule has 0 bridgehead atoms. The number of halogens is 3. The topological polar surface area (TPSA) is 101 Å². The maximum Gasteiger partial charge on any atom is 0.341 e. The van der Waals surface area contributed by atoms with E-state index in [4.69, 9.17) is 28.9 Å². The van der Waals surface area contributed by atoms with E-state index in [-0.39, 0.29) is 40.4 Å². The van der Waals surface area contributed by atoms with Crippen LogP contribution >= 0.6 is 23.2 Å². The molecule has 2 aromatic heterocycles. The van der Waals surface area contributed by atoms with Gasteiger partial charge in [-0.3, -0.25) is 4.79 Å². The van der Waals surface area contributed by atoms with Crippen molar-refractivity contribution in [2.45, 2.75) is 30.8 Å². The number of carbonyl (C=O) groups is 1. The van der Waals surface area contributed by atoms with Gasteiger partial charge in [-0.25, -0.2) is 14.2 Å². The zero-order valence-electron chi connectivity index (χ0n) is 16.8. The number of hydrogen-bond donors (Lipinski definition) is 2. The molecule has 32 heavy (non-hydrogen) atoms. The largest absolute Gasteiger partial charge is 0.477 e.